The molecule has 2 heteroatoms. The standard InChI is InChI=1S/C5H10.C2H6O.CH4O/c1-2-4-5-3-1;1-2-3;1-2/h1-5H2;3H,2H2,1H3;2H,1H3. The van der Waals surface area contributed by atoms with Crippen LogP contribution in [0.1, 0.15) is 39.0 Å². The maximum absolute atomic E-state index is 7.57. The lowest BCUT2D eigenvalue weighted by atomic mass is 10.4. The van der Waals surface area contributed by atoms with Gasteiger partial charge in [0.1, 0.15) is 0 Å². The molecule has 0 amide bonds. The maximum Gasteiger partial charge on any atom is 0.0402 e. The summed E-state index contributed by atoms with van der Waals surface area (Å²) in [5.74, 6) is 0. The normalized spacial score (nSPS) is 14.4. The van der Waals surface area contributed by atoms with Crippen LogP contribution < -0.4 is 0 Å². The summed E-state index contributed by atoms with van der Waals surface area (Å²) in [5.41, 5.74) is 0. The zero-order chi connectivity index (χ0) is 8.24. The Hall–Kier alpha value is -0.0800. The van der Waals surface area contributed by atoms with Gasteiger partial charge in [-0.15, -0.1) is 0 Å². The van der Waals surface area contributed by atoms with Gasteiger partial charge in [0.25, 0.3) is 0 Å². The Morgan fingerprint density at radius 3 is 1.10 bits per heavy atom. The van der Waals surface area contributed by atoms with Gasteiger partial charge in [-0.2, -0.15) is 0 Å². The van der Waals surface area contributed by atoms with Crippen molar-refractivity contribution in [2.24, 2.45) is 0 Å². The summed E-state index contributed by atoms with van der Waals surface area (Å²) in [6, 6.07) is 0. The SMILES string of the molecule is C1CCCC1.CCO.CO. The average molecular weight is 148 g/mol. The lowest BCUT2D eigenvalue weighted by molar-refractivity contribution is 0.318. The zero-order valence-corrected chi connectivity index (χ0v) is 7.14. The average Bonchev–Trinajstić information content (AvgIpc) is 2.48. The maximum atomic E-state index is 7.57. The third-order valence-electron chi connectivity index (χ3n) is 1.25. The highest BCUT2D eigenvalue weighted by Crippen LogP contribution is 2.15. The molecule has 1 saturated carbocycles. The second-order valence-corrected chi connectivity index (χ2v) is 2.08. The predicted molar refractivity (Wildman–Crippen MR) is 44.0 cm³/mol. The quantitative estimate of drug-likeness (QED) is 0.547. The number of aliphatic hydroxyl groups excluding tert-OH is 2. The van der Waals surface area contributed by atoms with Crippen molar-refractivity contribution in [1.29, 1.82) is 0 Å². The van der Waals surface area contributed by atoms with E-state index in [-0.39, 0.29) is 6.61 Å². The molecule has 0 atom stereocenters. The highest BCUT2D eigenvalue weighted by Gasteiger charge is 1.95. The fourth-order valence-electron chi connectivity index (χ4n) is 0.884. The Balaban J connectivity index is 0. The molecular weight excluding hydrogens is 128 g/mol. The molecule has 1 fully saturated rings. The second-order valence-electron chi connectivity index (χ2n) is 2.08. The lowest BCUT2D eigenvalue weighted by Crippen LogP contribution is -1.57. The van der Waals surface area contributed by atoms with Crippen molar-refractivity contribution >= 4 is 0 Å². The Labute approximate surface area is 63.9 Å². The third-order valence-corrected chi connectivity index (χ3v) is 1.25. The van der Waals surface area contributed by atoms with Gasteiger partial charge in [-0.25, -0.2) is 0 Å². The lowest BCUT2D eigenvalue weighted by Gasteiger charge is -1.67. The van der Waals surface area contributed by atoms with E-state index in [2.05, 4.69) is 0 Å². The van der Waals surface area contributed by atoms with Crippen LogP contribution in [0.4, 0.5) is 0 Å². The molecule has 2 nitrogen and oxygen atoms in total. The molecule has 2 N–H and O–H groups in total. The summed E-state index contributed by atoms with van der Waals surface area (Å²) in [5, 5.41) is 14.6. The van der Waals surface area contributed by atoms with Crippen LogP contribution >= 0.6 is 0 Å². The van der Waals surface area contributed by atoms with Crippen LogP contribution in [0.3, 0.4) is 0 Å². The summed E-state index contributed by atoms with van der Waals surface area (Å²) in [6.45, 7) is 1.93. The van der Waals surface area contributed by atoms with Crippen LogP contribution in [-0.2, 0) is 0 Å². The van der Waals surface area contributed by atoms with Gasteiger partial charge in [0.2, 0.25) is 0 Å². The monoisotopic (exact) mass is 148 g/mol. The molecule has 0 aliphatic heterocycles. The van der Waals surface area contributed by atoms with Crippen molar-refractivity contribution in [3.05, 3.63) is 0 Å². The second kappa shape index (κ2) is 16.0. The van der Waals surface area contributed by atoms with Gasteiger partial charge in [-0.05, 0) is 6.92 Å². The van der Waals surface area contributed by atoms with Gasteiger partial charge < -0.3 is 10.2 Å². The summed E-state index contributed by atoms with van der Waals surface area (Å²) in [7, 11) is 1.00. The largest absolute Gasteiger partial charge is 0.400 e. The molecule has 0 spiro atoms. The number of aliphatic hydroxyl groups is 2. The minimum absolute atomic E-state index is 0.250. The highest BCUT2D eigenvalue weighted by atomic mass is 16.2. The molecule has 1 rings (SSSR count). The van der Waals surface area contributed by atoms with Gasteiger partial charge >= 0.3 is 0 Å². The van der Waals surface area contributed by atoms with Crippen LogP contribution in [0.5, 0.6) is 0 Å². The van der Waals surface area contributed by atoms with E-state index in [9.17, 15) is 0 Å². The summed E-state index contributed by atoms with van der Waals surface area (Å²) >= 11 is 0. The van der Waals surface area contributed by atoms with Gasteiger partial charge in [-0.3, -0.25) is 0 Å². The molecule has 64 valence electrons. The molecular formula is C8H20O2. The van der Waals surface area contributed by atoms with Crippen LogP contribution in [0.15, 0.2) is 0 Å². The molecule has 10 heavy (non-hydrogen) atoms. The van der Waals surface area contributed by atoms with Crippen molar-refractivity contribution in [3.63, 3.8) is 0 Å². The van der Waals surface area contributed by atoms with E-state index >= 15 is 0 Å². The molecule has 0 radical (unpaired) electrons. The van der Waals surface area contributed by atoms with E-state index in [0.717, 1.165) is 7.11 Å². The first kappa shape index (κ1) is 12.6. The molecule has 0 aromatic carbocycles. The zero-order valence-electron chi connectivity index (χ0n) is 7.14. The van der Waals surface area contributed by atoms with Crippen LogP contribution in [0, 0.1) is 0 Å². The van der Waals surface area contributed by atoms with Gasteiger partial charge in [-0.1, -0.05) is 32.1 Å². The molecule has 0 bridgehead atoms. The molecule has 0 aromatic heterocycles. The predicted octanol–water partition coefficient (Wildman–Crippen LogP) is 1.56. The topological polar surface area (TPSA) is 40.5 Å². The van der Waals surface area contributed by atoms with Gasteiger partial charge in [0, 0.05) is 13.7 Å². The highest BCUT2D eigenvalue weighted by molar-refractivity contribution is 4.51. The van der Waals surface area contributed by atoms with Gasteiger partial charge in [0.05, 0.1) is 0 Å². The van der Waals surface area contributed by atoms with E-state index in [4.69, 9.17) is 10.2 Å². The smallest absolute Gasteiger partial charge is 0.0402 e. The van der Waals surface area contributed by atoms with E-state index in [0.29, 0.717) is 0 Å². The van der Waals surface area contributed by atoms with Crippen molar-refractivity contribution < 1.29 is 10.2 Å². The third kappa shape index (κ3) is 15.7. The number of hydrogen-bond acceptors (Lipinski definition) is 2. The first-order valence-electron chi connectivity index (χ1n) is 3.97. The molecule has 0 unspecified atom stereocenters. The molecule has 0 heterocycles. The van der Waals surface area contributed by atoms with E-state index in [1.165, 1.54) is 32.1 Å². The van der Waals surface area contributed by atoms with Crippen molar-refractivity contribution in [1.82, 2.24) is 0 Å². The van der Waals surface area contributed by atoms with Crippen LogP contribution in [0.2, 0.25) is 0 Å². The van der Waals surface area contributed by atoms with E-state index < -0.39 is 0 Å². The summed E-state index contributed by atoms with van der Waals surface area (Å²) in [6.07, 6.45) is 7.50. The van der Waals surface area contributed by atoms with Gasteiger partial charge in [0.15, 0.2) is 0 Å². The van der Waals surface area contributed by atoms with Crippen LogP contribution in [0.25, 0.3) is 0 Å². The molecule has 1 aliphatic carbocycles. The first-order valence-corrected chi connectivity index (χ1v) is 3.97. The minimum Gasteiger partial charge on any atom is -0.400 e. The summed E-state index contributed by atoms with van der Waals surface area (Å²) in [4.78, 5) is 0. The summed E-state index contributed by atoms with van der Waals surface area (Å²) < 4.78 is 0. The van der Waals surface area contributed by atoms with E-state index in [1.54, 1.807) is 6.92 Å². The van der Waals surface area contributed by atoms with Crippen molar-refractivity contribution in [2.75, 3.05) is 13.7 Å². The minimum atomic E-state index is 0.250. The van der Waals surface area contributed by atoms with Crippen molar-refractivity contribution in [2.45, 2.75) is 39.0 Å². The Morgan fingerprint density at radius 1 is 0.900 bits per heavy atom. The Morgan fingerprint density at radius 2 is 1.00 bits per heavy atom. The molecule has 0 saturated heterocycles. The number of rotatable bonds is 0. The van der Waals surface area contributed by atoms with E-state index in [1.807, 2.05) is 0 Å². The van der Waals surface area contributed by atoms with Crippen LogP contribution in [-0.4, -0.2) is 23.9 Å². The molecule has 1 aliphatic rings. The molecule has 0 aromatic rings. The fraction of sp³-hybridized carbons (Fsp3) is 1.00. The Bertz CT molecular complexity index is 26.6. The van der Waals surface area contributed by atoms with Crippen molar-refractivity contribution in [3.8, 4) is 0 Å². The number of hydrogen-bond donors (Lipinski definition) is 2. The Kier molecular flexibility index (Phi) is 20.1. The first-order chi connectivity index (χ1) is 4.91. The fourth-order valence-corrected chi connectivity index (χ4v) is 0.884.